The Morgan fingerprint density at radius 1 is 1.50 bits per heavy atom. The summed E-state index contributed by atoms with van der Waals surface area (Å²) in [7, 11) is 1.81. The lowest BCUT2D eigenvalue weighted by Crippen LogP contribution is -2.04. The van der Waals surface area contributed by atoms with Gasteiger partial charge in [-0.25, -0.2) is 4.39 Å². The second-order valence-corrected chi connectivity index (χ2v) is 3.24. The van der Waals surface area contributed by atoms with E-state index in [-0.39, 0.29) is 5.82 Å². The summed E-state index contributed by atoms with van der Waals surface area (Å²) in [5.41, 5.74) is 1.11. The molecule has 14 heavy (non-hydrogen) atoms. The molecule has 0 saturated heterocycles. The summed E-state index contributed by atoms with van der Waals surface area (Å²) in [6.07, 6.45) is 0. The molecule has 0 aliphatic rings. The van der Waals surface area contributed by atoms with E-state index in [4.69, 9.17) is 11.6 Å². The third kappa shape index (κ3) is 2.47. The Balaban J connectivity index is 3.02. The number of benzene rings is 1. The van der Waals surface area contributed by atoms with Crippen molar-refractivity contribution in [2.75, 3.05) is 13.6 Å². The summed E-state index contributed by atoms with van der Waals surface area (Å²) >= 11 is 5.91. The quantitative estimate of drug-likeness (QED) is 0.704. The molecule has 0 saturated carbocycles. The first-order chi connectivity index (χ1) is 6.66. The fourth-order valence-electron chi connectivity index (χ4n) is 0.986. The molecule has 0 unspecified atom stereocenters. The molecule has 1 rings (SSSR count). The highest BCUT2D eigenvalue weighted by Crippen LogP contribution is 2.22. The van der Waals surface area contributed by atoms with Crippen LogP contribution in [0, 0.1) is 24.6 Å². The minimum absolute atomic E-state index is 0.297. The first-order valence-corrected chi connectivity index (χ1v) is 4.62. The van der Waals surface area contributed by atoms with E-state index in [1.54, 1.807) is 13.0 Å². The summed E-state index contributed by atoms with van der Waals surface area (Å²) in [6, 6.07) is 2.97. The van der Waals surface area contributed by atoms with Crippen LogP contribution in [0.2, 0.25) is 5.02 Å². The lowest BCUT2D eigenvalue weighted by atomic mass is 10.1. The van der Waals surface area contributed by atoms with Gasteiger partial charge in [-0.3, -0.25) is 0 Å². The van der Waals surface area contributed by atoms with Crippen LogP contribution >= 0.6 is 11.6 Å². The van der Waals surface area contributed by atoms with Crippen molar-refractivity contribution < 1.29 is 4.39 Å². The van der Waals surface area contributed by atoms with Gasteiger partial charge < -0.3 is 5.32 Å². The Morgan fingerprint density at radius 2 is 2.21 bits per heavy atom. The van der Waals surface area contributed by atoms with Gasteiger partial charge in [0, 0.05) is 11.1 Å². The Morgan fingerprint density at radius 3 is 2.86 bits per heavy atom. The van der Waals surface area contributed by atoms with Crippen molar-refractivity contribution in [1.29, 1.82) is 0 Å². The van der Waals surface area contributed by atoms with E-state index in [2.05, 4.69) is 17.2 Å². The maximum Gasteiger partial charge on any atom is 0.127 e. The molecule has 1 N–H and O–H groups in total. The lowest BCUT2D eigenvalue weighted by Gasteiger charge is -2.01. The first kappa shape index (κ1) is 11.0. The summed E-state index contributed by atoms with van der Waals surface area (Å²) in [6.45, 7) is 2.23. The van der Waals surface area contributed by atoms with Gasteiger partial charge in [-0.05, 0) is 26.1 Å². The molecule has 0 aliphatic heterocycles. The van der Waals surface area contributed by atoms with Crippen molar-refractivity contribution in [3.05, 3.63) is 34.1 Å². The highest BCUT2D eigenvalue weighted by molar-refractivity contribution is 6.32. The minimum atomic E-state index is -0.297. The maximum absolute atomic E-state index is 13.0. The molecule has 0 aliphatic carbocycles. The van der Waals surface area contributed by atoms with Gasteiger partial charge in [0.2, 0.25) is 0 Å². The Kier molecular flexibility index (Phi) is 3.94. The molecular weight excluding hydrogens is 201 g/mol. The van der Waals surface area contributed by atoms with Crippen LogP contribution in [-0.2, 0) is 0 Å². The smallest absolute Gasteiger partial charge is 0.127 e. The van der Waals surface area contributed by atoms with Gasteiger partial charge in [0.15, 0.2) is 0 Å². The van der Waals surface area contributed by atoms with E-state index in [1.807, 2.05) is 7.05 Å². The van der Waals surface area contributed by atoms with Gasteiger partial charge in [-0.1, -0.05) is 23.4 Å². The summed E-state index contributed by atoms with van der Waals surface area (Å²) in [5.74, 6) is 5.44. The number of rotatable bonds is 1. The van der Waals surface area contributed by atoms with Gasteiger partial charge in [-0.2, -0.15) is 0 Å². The molecule has 0 bridgehead atoms. The zero-order valence-corrected chi connectivity index (χ0v) is 8.87. The Hall–Kier alpha value is -1.04. The van der Waals surface area contributed by atoms with Gasteiger partial charge in [0.25, 0.3) is 0 Å². The van der Waals surface area contributed by atoms with Crippen molar-refractivity contribution in [2.24, 2.45) is 0 Å². The second-order valence-electron chi connectivity index (χ2n) is 2.87. The molecule has 1 aromatic rings. The fraction of sp³-hybridized carbons (Fsp3) is 0.273. The highest BCUT2D eigenvalue weighted by atomic mass is 35.5. The van der Waals surface area contributed by atoms with Gasteiger partial charge >= 0.3 is 0 Å². The molecule has 3 heteroatoms. The molecular formula is C11H11ClFN. The van der Waals surface area contributed by atoms with Crippen LogP contribution in [0.1, 0.15) is 11.1 Å². The predicted molar refractivity (Wildman–Crippen MR) is 57.0 cm³/mol. The number of hydrogen-bond donors (Lipinski definition) is 1. The molecule has 0 aromatic heterocycles. The van der Waals surface area contributed by atoms with E-state index in [9.17, 15) is 4.39 Å². The molecule has 0 amide bonds. The number of halogens is 2. The molecule has 0 fully saturated rings. The molecule has 0 atom stereocenters. The van der Waals surface area contributed by atoms with Crippen LogP contribution in [0.5, 0.6) is 0 Å². The van der Waals surface area contributed by atoms with Gasteiger partial charge in [0.05, 0.1) is 11.6 Å². The fourth-order valence-corrected chi connectivity index (χ4v) is 1.19. The molecule has 1 aromatic carbocycles. The van der Waals surface area contributed by atoms with E-state index in [1.165, 1.54) is 6.07 Å². The van der Waals surface area contributed by atoms with Crippen molar-refractivity contribution in [2.45, 2.75) is 6.92 Å². The van der Waals surface area contributed by atoms with Crippen LogP contribution < -0.4 is 5.32 Å². The second kappa shape index (κ2) is 4.99. The van der Waals surface area contributed by atoms with E-state index >= 15 is 0 Å². The normalized spacial score (nSPS) is 9.43. The Bertz CT molecular complexity index is 390. The third-order valence-corrected chi connectivity index (χ3v) is 2.30. The zero-order chi connectivity index (χ0) is 10.6. The molecule has 0 radical (unpaired) electrons. The average Bonchev–Trinajstić information content (AvgIpc) is 2.18. The van der Waals surface area contributed by atoms with E-state index in [0.717, 1.165) is 0 Å². The molecule has 0 heterocycles. The van der Waals surface area contributed by atoms with Crippen molar-refractivity contribution in [1.82, 2.24) is 5.32 Å². The van der Waals surface area contributed by atoms with Crippen LogP contribution in [0.4, 0.5) is 4.39 Å². The maximum atomic E-state index is 13.0. The van der Waals surface area contributed by atoms with E-state index in [0.29, 0.717) is 22.7 Å². The summed E-state index contributed by atoms with van der Waals surface area (Å²) in [5, 5.41) is 3.29. The largest absolute Gasteiger partial charge is 0.309 e. The summed E-state index contributed by atoms with van der Waals surface area (Å²) < 4.78 is 13.0. The number of hydrogen-bond acceptors (Lipinski definition) is 1. The topological polar surface area (TPSA) is 12.0 Å². The van der Waals surface area contributed by atoms with Crippen molar-refractivity contribution in [3.63, 3.8) is 0 Å². The molecule has 1 nitrogen and oxygen atoms in total. The monoisotopic (exact) mass is 211 g/mol. The number of nitrogens with one attached hydrogen (secondary N) is 1. The third-order valence-electron chi connectivity index (χ3n) is 1.81. The van der Waals surface area contributed by atoms with Crippen LogP contribution in [-0.4, -0.2) is 13.6 Å². The van der Waals surface area contributed by atoms with Gasteiger partial charge in [0.1, 0.15) is 5.82 Å². The zero-order valence-electron chi connectivity index (χ0n) is 8.12. The molecule has 0 spiro atoms. The van der Waals surface area contributed by atoms with Crippen LogP contribution in [0.25, 0.3) is 0 Å². The van der Waals surface area contributed by atoms with Crippen molar-refractivity contribution >= 4 is 11.6 Å². The minimum Gasteiger partial charge on any atom is -0.309 e. The Labute approximate surface area is 88.3 Å². The van der Waals surface area contributed by atoms with Crippen LogP contribution in [0.3, 0.4) is 0 Å². The molecule has 74 valence electrons. The first-order valence-electron chi connectivity index (χ1n) is 4.25. The van der Waals surface area contributed by atoms with Gasteiger partial charge in [-0.15, -0.1) is 0 Å². The predicted octanol–water partition coefficient (Wildman–Crippen LogP) is 2.36. The average molecular weight is 212 g/mol. The SMILES string of the molecule is CNCC#Cc1ccc(F)c(C)c1Cl. The van der Waals surface area contributed by atoms with Crippen molar-refractivity contribution in [3.8, 4) is 11.8 Å². The lowest BCUT2D eigenvalue weighted by molar-refractivity contribution is 0.618. The van der Waals surface area contributed by atoms with E-state index < -0.39 is 0 Å². The standard InChI is InChI=1S/C11H11ClFN/c1-8-10(13)6-5-9(11(8)12)4-3-7-14-2/h5-6,14H,7H2,1-2H3. The summed E-state index contributed by atoms with van der Waals surface area (Å²) in [4.78, 5) is 0. The van der Waals surface area contributed by atoms with Crippen LogP contribution in [0.15, 0.2) is 12.1 Å². The highest BCUT2D eigenvalue weighted by Gasteiger charge is 2.05.